The Morgan fingerprint density at radius 1 is 1.30 bits per heavy atom. The fourth-order valence-electron chi connectivity index (χ4n) is 2.08. The number of hydrogen-bond acceptors (Lipinski definition) is 4. The van der Waals surface area contributed by atoms with Gasteiger partial charge >= 0.3 is 0 Å². The van der Waals surface area contributed by atoms with Crippen LogP contribution in [0.1, 0.15) is 12.7 Å². The van der Waals surface area contributed by atoms with E-state index >= 15 is 0 Å². The Bertz CT molecular complexity index is 819. The number of rotatable bonds is 3. The van der Waals surface area contributed by atoms with Crippen molar-refractivity contribution in [2.24, 2.45) is 0 Å². The van der Waals surface area contributed by atoms with Crippen LogP contribution in [-0.4, -0.2) is 26.7 Å². The van der Waals surface area contributed by atoms with Gasteiger partial charge in [0.05, 0.1) is 12.8 Å². The van der Waals surface area contributed by atoms with E-state index in [9.17, 15) is 4.79 Å². The van der Waals surface area contributed by atoms with Crippen molar-refractivity contribution in [3.05, 3.63) is 46.5 Å². The lowest BCUT2D eigenvalue weighted by molar-refractivity contribution is 0.416. The molecule has 0 spiro atoms. The molecule has 0 bridgehead atoms. The van der Waals surface area contributed by atoms with Crippen molar-refractivity contribution < 1.29 is 4.74 Å². The zero-order valence-electron chi connectivity index (χ0n) is 11.3. The minimum Gasteiger partial charge on any atom is -0.496 e. The molecule has 0 amide bonds. The lowest BCUT2D eigenvalue weighted by Gasteiger charge is -2.06. The molecular formula is C14H14N4O2. The molecule has 0 aliphatic heterocycles. The van der Waals surface area contributed by atoms with Gasteiger partial charge in [0.2, 0.25) is 0 Å². The quantitative estimate of drug-likeness (QED) is 0.785. The molecule has 0 radical (unpaired) electrons. The van der Waals surface area contributed by atoms with E-state index in [1.54, 1.807) is 7.11 Å². The zero-order chi connectivity index (χ0) is 14.1. The summed E-state index contributed by atoms with van der Waals surface area (Å²) in [5, 5.41) is 2.92. The second-order valence-corrected chi connectivity index (χ2v) is 4.34. The van der Waals surface area contributed by atoms with Crippen LogP contribution in [-0.2, 0) is 6.42 Å². The largest absolute Gasteiger partial charge is 0.496 e. The van der Waals surface area contributed by atoms with Gasteiger partial charge in [-0.05, 0) is 12.1 Å². The number of methoxy groups -OCH3 is 1. The summed E-state index contributed by atoms with van der Waals surface area (Å²) in [4.78, 5) is 20.8. The Hall–Kier alpha value is -2.63. The summed E-state index contributed by atoms with van der Waals surface area (Å²) in [6, 6.07) is 8.93. The lowest BCUT2D eigenvalue weighted by atomic mass is 10.1. The molecule has 20 heavy (non-hydrogen) atoms. The molecule has 0 unspecified atom stereocenters. The number of hydrogen-bond donors (Lipinski definition) is 1. The molecule has 2 aromatic heterocycles. The van der Waals surface area contributed by atoms with Gasteiger partial charge in [0.25, 0.3) is 11.3 Å². The Morgan fingerprint density at radius 2 is 2.10 bits per heavy atom. The Kier molecular flexibility index (Phi) is 2.98. The summed E-state index contributed by atoms with van der Waals surface area (Å²) >= 11 is 0. The van der Waals surface area contributed by atoms with E-state index in [1.807, 2.05) is 31.2 Å². The van der Waals surface area contributed by atoms with Crippen LogP contribution in [0.2, 0.25) is 0 Å². The molecule has 3 aromatic rings. The molecule has 0 fully saturated rings. The van der Waals surface area contributed by atoms with Crippen molar-refractivity contribution in [1.82, 2.24) is 19.6 Å². The van der Waals surface area contributed by atoms with Crippen LogP contribution in [0.4, 0.5) is 0 Å². The first-order chi connectivity index (χ1) is 9.72. The first-order valence-corrected chi connectivity index (χ1v) is 6.35. The minimum absolute atomic E-state index is 0.192. The molecule has 102 valence electrons. The Labute approximate surface area is 115 Å². The SMILES string of the molecule is CCc1nc2nc(-c3ccccc3OC)cc(=O)n2[nH]1. The average Bonchev–Trinajstić information content (AvgIpc) is 2.91. The van der Waals surface area contributed by atoms with Gasteiger partial charge in [0, 0.05) is 18.1 Å². The van der Waals surface area contributed by atoms with E-state index in [0.29, 0.717) is 23.6 Å². The highest BCUT2D eigenvalue weighted by Crippen LogP contribution is 2.27. The van der Waals surface area contributed by atoms with Crippen molar-refractivity contribution in [2.45, 2.75) is 13.3 Å². The summed E-state index contributed by atoms with van der Waals surface area (Å²) in [7, 11) is 1.59. The molecule has 2 heterocycles. The molecule has 0 saturated carbocycles. The van der Waals surface area contributed by atoms with Crippen LogP contribution < -0.4 is 10.3 Å². The van der Waals surface area contributed by atoms with Gasteiger partial charge in [-0.3, -0.25) is 9.89 Å². The number of aromatic nitrogens is 4. The number of nitrogens with zero attached hydrogens (tertiary/aromatic N) is 3. The summed E-state index contributed by atoms with van der Waals surface area (Å²) < 4.78 is 6.65. The van der Waals surface area contributed by atoms with Crippen LogP contribution >= 0.6 is 0 Å². The van der Waals surface area contributed by atoms with Gasteiger partial charge in [-0.15, -0.1) is 0 Å². The predicted molar refractivity (Wildman–Crippen MR) is 75.0 cm³/mol. The minimum atomic E-state index is -0.192. The second-order valence-electron chi connectivity index (χ2n) is 4.34. The summed E-state index contributed by atoms with van der Waals surface area (Å²) in [6.45, 7) is 1.96. The third kappa shape index (κ3) is 1.95. The monoisotopic (exact) mass is 270 g/mol. The normalized spacial score (nSPS) is 10.9. The van der Waals surface area contributed by atoms with Gasteiger partial charge in [-0.1, -0.05) is 19.1 Å². The highest BCUT2D eigenvalue weighted by molar-refractivity contribution is 5.67. The smallest absolute Gasteiger partial charge is 0.274 e. The number of ether oxygens (including phenoxy) is 1. The fraction of sp³-hybridized carbons (Fsp3) is 0.214. The number of para-hydroxylation sites is 1. The number of aromatic amines is 1. The van der Waals surface area contributed by atoms with E-state index < -0.39 is 0 Å². The van der Waals surface area contributed by atoms with E-state index in [1.165, 1.54) is 10.6 Å². The summed E-state index contributed by atoms with van der Waals surface area (Å²) in [5.41, 5.74) is 1.14. The molecule has 0 saturated heterocycles. The van der Waals surface area contributed by atoms with Gasteiger partial charge in [-0.25, -0.2) is 4.98 Å². The number of benzene rings is 1. The molecule has 0 aliphatic rings. The number of nitrogens with one attached hydrogen (secondary N) is 1. The van der Waals surface area contributed by atoms with Crippen LogP contribution in [0.5, 0.6) is 5.75 Å². The third-order valence-electron chi connectivity index (χ3n) is 3.09. The van der Waals surface area contributed by atoms with Gasteiger partial charge in [-0.2, -0.15) is 9.50 Å². The number of fused-ring (bicyclic) bond motifs is 1. The van der Waals surface area contributed by atoms with Crippen molar-refractivity contribution in [3.8, 4) is 17.0 Å². The van der Waals surface area contributed by atoms with Crippen molar-refractivity contribution >= 4 is 5.78 Å². The number of aryl methyl sites for hydroxylation is 1. The third-order valence-corrected chi connectivity index (χ3v) is 3.09. The standard InChI is InChI=1S/C14H14N4O2/c1-3-12-16-14-15-10(8-13(19)18(14)17-12)9-6-4-5-7-11(9)20-2/h4-8H,3H2,1-2H3,(H,15,16,17). The zero-order valence-corrected chi connectivity index (χ0v) is 11.3. The summed E-state index contributed by atoms with van der Waals surface area (Å²) in [6.07, 6.45) is 0.715. The van der Waals surface area contributed by atoms with Crippen molar-refractivity contribution in [3.63, 3.8) is 0 Å². The van der Waals surface area contributed by atoms with Gasteiger partial charge in [0.15, 0.2) is 0 Å². The molecule has 1 N–H and O–H groups in total. The van der Waals surface area contributed by atoms with Crippen molar-refractivity contribution in [1.29, 1.82) is 0 Å². The maximum absolute atomic E-state index is 12.1. The maximum atomic E-state index is 12.1. The molecular weight excluding hydrogens is 256 g/mol. The maximum Gasteiger partial charge on any atom is 0.274 e. The van der Waals surface area contributed by atoms with E-state index in [-0.39, 0.29) is 5.56 Å². The summed E-state index contributed by atoms with van der Waals surface area (Å²) in [5.74, 6) is 1.78. The Balaban J connectivity index is 2.24. The molecule has 3 rings (SSSR count). The van der Waals surface area contributed by atoms with E-state index in [4.69, 9.17) is 4.74 Å². The number of H-pyrrole nitrogens is 1. The highest BCUT2D eigenvalue weighted by atomic mass is 16.5. The van der Waals surface area contributed by atoms with Crippen LogP contribution in [0.3, 0.4) is 0 Å². The van der Waals surface area contributed by atoms with Crippen LogP contribution in [0.25, 0.3) is 17.0 Å². The highest BCUT2D eigenvalue weighted by Gasteiger charge is 2.11. The molecule has 0 aliphatic carbocycles. The van der Waals surface area contributed by atoms with Crippen LogP contribution in [0, 0.1) is 0 Å². The van der Waals surface area contributed by atoms with Crippen molar-refractivity contribution in [2.75, 3.05) is 7.11 Å². The Morgan fingerprint density at radius 3 is 2.85 bits per heavy atom. The molecule has 6 nitrogen and oxygen atoms in total. The van der Waals surface area contributed by atoms with Gasteiger partial charge < -0.3 is 4.74 Å². The molecule has 0 atom stereocenters. The second kappa shape index (κ2) is 4.80. The average molecular weight is 270 g/mol. The predicted octanol–water partition coefficient (Wildman–Crippen LogP) is 1.66. The van der Waals surface area contributed by atoms with E-state index in [2.05, 4.69) is 15.1 Å². The van der Waals surface area contributed by atoms with Crippen LogP contribution in [0.15, 0.2) is 35.1 Å². The van der Waals surface area contributed by atoms with E-state index in [0.717, 1.165) is 11.4 Å². The fourth-order valence-corrected chi connectivity index (χ4v) is 2.08. The first kappa shape index (κ1) is 12.4. The first-order valence-electron chi connectivity index (χ1n) is 6.35. The van der Waals surface area contributed by atoms with Gasteiger partial charge in [0.1, 0.15) is 11.6 Å². The molecule has 1 aromatic carbocycles. The lowest BCUT2D eigenvalue weighted by Crippen LogP contribution is -2.14. The topological polar surface area (TPSA) is 72.3 Å². The molecule has 6 heteroatoms.